The highest BCUT2D eigenvalue weighted by molar-refractivity contribution is 6.36. The Hall–Kier alpha value is -5.25. The summed E-state index contributed by atoms with van der Waals surface area (Å²) in [7, 11) is 0. The fourth-order valence-electron chi connectivity index (χ4n) is 8.94. The summed E-state index contributed by atoms with van der Waals surface area (Å²) in [4.78, 5) is 60.6. The van der Waals surface area contributed by atoms with Crippen molar-refractivity contribution < 1.29 is 28.3 Å². The first kappa shape index (κ1) is 43.4. The molecule has 4 aliphatic heterocycles. The molecule has 2 aromatic carbocycles. The molecular weight excluding hydrogens is 836 g/mol. The molecule has 14 nitrogen and oxygen atoms in total. The number of unbranched alkanes of at least 4 members (excludes halogenated alkanes) is 4. The van der Waals surface area contributed by atoms with Crippen LogP contribution in [0.3, 0.4) is 0 Å². The number of carbonyl (C=O) groups is 4. The van der Waals surface area contributed by atoms with Crippen molar-refractivity contribution in [3.05, 3.63) is 87.5 Å². The molecule has 17 heteroatoms. The second-order valence-corrected chi connectivity index (χ2v) is 17.5. The number of halogens is 3. The van der Waals surface area contributed by atoms with Crippen LogP contribution in [0.5, 0.6) is 5.75 Å². The van der Waals surface area contributed by atoms with Crippen molar-refractivity contribution in [2.24, 2.45) is 0 Å². The van der Waals surface area contributed by atoms with Gasteiger partial charge in [0.25, 0.3) is 5.91 Å². The molecule has 328 valence electrons. The Morgan fingerprint density at radius 3 is 2.58 bits per heavy atom. The molecule has 0 saturated carbocycles. The normalized spacial score (nSPS) is 18.5. The van der Waals surface area contributed by atoms with Crippen LogP contribution in [0.15, 0.2) is 55.0 Å². The van der Waals surface area contributed by atoms with Crippen LogP contribution in [0, 0.1) is 5.82 Å². The second kappa shape index (κ2) is 19.4. The third kappa shape index (κ3) is 9.85. The van der Waals surface area contributed by atoms with Gasteiger partial charge in [-0.2, -0.15) is 5.10 Å². The van der Waals surface area contributed by atoms with E-state index in [-0.39, 0.29) is 47.6 Å². The predicted molar refractivity (Wildman–Crippen MR) is 234 cm³/mol. The lowest BCUT2D eigenvalue weighted by Gasteiger charge is -2.40. The standard InChI is InChI=1S/C45H52Cl2FN9O5/c46-35-10-11-36(48)42(47)33(35)16-20-62-39-21-28(22-50-43(39)49)29-23-51-57(24-29)31-14-18-55(19-15-31)41(59)9-4-2-1-3-5-17-54-25-30(26-54)52-37-8-6-7-32-34(37)27-56(45(32)61)38-12-13-40(58)53-44(38)60/h6-8,10-11,21-24,30-31,38,52H,1-5,9,12-20,25-27H2,(H2,49,50)(H,53,58,60)/t38-/m1/s1. The van der Waals surface area contributed by atoms with E-state index in [0.29, 0.717) is 66.8 Å². The first-order valence-corrected chi connectivity index (χ1v) is 22.4. The van der Waals surface area contributed by atoms with E-state index >= 15 is 0 Å². The average molecular weight is 889 g/mol. The molecule has 3 fully saturated rings. The van der Waals surface area contributed by atoms with Gasteiger partial charge in [0.15, 0.2) is 11.6 Å². The maximum Gasteiger partial charge on any atom is 0.255 e. The van der Waals surface area contributed by atoms with Gasteiger partial charge in [0.05, 0.1) is 29.9 Å². The Labute approximate surface area is 370 Å². The van der Waals surface area contributed by atoms with Gasteiger partial charge in [-0.3, -0.25) is 34.1 Å². The number of aromatic nitrogens is 3. The summed E-state index contributed by atoms with van der Waals surface area (Å²) < 4.78 is 21.8. The number of ether oxygens (including phenoxy) is 1. The lowest BCUT2D eigenvalue weighted by molar-refractivity contribution is -0.137. The Morgan fingerprint density at radius 1 is 0.984 bits per heavy atom. The molecule has 6 heterocycles. The molecule has 4 aromatic rings. The van der Waals surface area contributed by atoms with Gasteiger partial charge in [0.2, 0.25) is 17.7 Å². The van der Waals surface area contributed by atoms with Crippen LogP contribution in [0.2, 0.25) is 10.0 Å². The van der Waals surface area contributed by atoms with Gasteiger partial charge in [-0.15, -0.1) is 0 Å². The van der Waals surface area contributed by atoms with Crippen LogP contribution >= 0.6 is 23.2 Å². The predicted octanol–water partition coefficient (Wildman–Crippen LogP) is 6.66. The number of nitrogen functional groups attached to an aromatic ring is 1. The molecule has 0 radical (unpaired) electrons. The number of nitrogens with two attached hydrogens (primary N) is 1. The van der Waals surface area contributed by atoms with Crippen LogP contribution < -0.4 is 21.1 Å². The Kier molecular flexibility index (Phi) is 13.6. The molecule has 4 N–H and O–H groups in total. The van der Waals surface area contributed by atoms with Crippen LogP contribution in [0.25, 0.3) is 11.1 Å². The third-order valence-corrected chi connectivity index (χ3v) is 13.3. The van der Waals surface area contributed by atoms with Gasteiger partial charge in [0, 0.05) is 97.3 Å². The summed E-state index contributed by atoms with van der Waals surface area (Å²) in [6.45, 7) is 4.86. The Balaban J connectivity index is 0.690. The van der Waals surface area contributed by atoms with Crippen molar-refractivity contribution in [1.82, 2.24) is 34.8 Å². The highest BCUT2D eigenvalue weighted by Crippen LogP contribution is 2.34. The SMILES string of the molecule is Nc1ncc(-c2cnn(C3CCN(C(=O)CCCCCCCN4CC(Nc5cccc6c5CN([C@@H]5CCC(=O)NC5=O)C6=O)C4)CC3)c2)cc1OCCc1c(Cl)ccc(F)c1Cl. The van der Waals surface area contributed by atoms with E-state index in [9.17, 15) is 23.6 Å². The van der Waals surface area contributed by atoms with Gasteiger partial charge >= 0.3 is 0 Å². The van der Waals surface area contributed by atoms with Gasteiger partial charge < -0.3 is 25.6 Å². The monoisotopic (exact) mass is 887 g/mol. The van der Waals surface area contributed by atoms with E-state index in [1.807, 2.05) is 40.0 Å². The first-order chi connectivity index (χ1) is 30.0. The topological polar surface area (TPSA) is 168 Å². The van der Waals surface area contributed by atoms with Crippen LogP contribution in [0.4, 0.5) is 15.9 Å². The van der Waals surface area contributed by atoms with Crippen molar-refractivity contribution in [2.45, 2.75) is 95.3 Å². The molecule has 1 atom stereocenters. The number of likely N-dealkylation sites (tertiary alicyclic amines) is 2. The molecule has 0 aliphatic carbocycles. The van der Waals surface area contributed by atoms with Crippen LogP contribution in [0.1, 0.15) is 91.7 Å². The maximum atomic E-state index is 13.9. The summed E-state index contributed by atoms with van der Waals surface area (Å²) in [6, 6.07) is 10.1. The minimum atomic E-state index is -0.621. The zero-order valence-corrected chi connectivity index (χ0v) is 36.1. The number of benzene rings is 2. The zero-order valence-electron chi connectivity index (χ0n) is 34.6. The van der Waals surface area contributed by atoms with Gasteiger partial charge in [-0.25, -0.2) is 9.37 Å². The number of nitrogens with one attached hydrogen (secondary N) is 2. The van der Waals surface area contributed by atoms with Gasteiger partial charge in [0.1, 0.15) is 11.9 Å². The Bertz CT molecular complexity index is 2310. The number of hydrogen-bond acceptors (Lipinski definition) is 10. The van der Waals surface area contributed by atoms with E-state index < -0.39 is 17.8 Å². The zero-order chi connectivity index (χ0) is 43.3. The molecule has 4 amide bonds. The number of carbonyl (C=O) groups excluding carboxylic acids is 4. The maximum absolute atomic E-state index is 13.9. The fourth-order valence-corrected chi connectivity index (χ4v) is 9.50. The molecule has 0 unspecified atom stereocenters. The van der Waals surface area contributed by atoms with E-state index in [4.69, 9.17) is 33.7 Å². The molecule has 4 aliphatic rings. The summed E-state index contributed by atoms with van der Waals surface area (Å²) in [5.41, 5.74) is 10.7. The fraction of sp³-hybridized carbons (Fsp3) is 0.467. The highest BCUT2D eigenvalue weighted by atomic mass is 35.5. The first-order valence-electron chi connectivity index (χ1n) is 21.6. The van der Waals surface area contributed by atoms with Gasteiger partial charge in [-0.05, 0) is 74.5 Å². The summed E-state index contributed by atoms with van der Waals surface area (Å²) in [6.07, 6.45) is 13.9. The lowest BCUT2D eigenvalue weighted by Crippen LogP contribution is -2.54. The number of amides is 4. The van der Waals surface area contributed by atoms with E-state index in [2.05, 4.69) is 25.6 Å². The van der Waals surface area contributed by atoms with Crippen LogP contribution in [-0.4, -0.2) is 105 Å². The Morgan fingerprint density at radius 2 is 1.77 bits per heavy atom. The van der Waals surface area contributed by atoms with Crippen molar-refractivity contribution in [3.8, 4) is 16.9 Å². The minimum absolute atomic E-state index is 0.0188. The van der Waals surface area contributed by atoms with Crippen molar-refractivity contribution >= 4 is 58.3 Å². The average Bonchev–Trinajstić information content (AvgIpc) is 3.88. The van der Waals surface area contributed by atoms with Crippen molar-refractivity contribution in [3.63, 3.8) is 0 Å². The number of nitrogens with zero attached hydrogens (tertiary/aromatic N) is 6. The van der Waals surface area contributed by atoms with E-state index in [0.717, 1.165) is 87.0 Å². The largest absolute Gasteiger partial charge is 0.489 e. The highest BCUT2D eigenvalue weighted by Gasteiger charge is 2.40. The summed E-state index contributed by atoms with van der Waals surface area (Å²) in [5.74, 6) is -0.521. The van der Waals surface area contributed by atoms with Crippen LogP contribution in [-0.2, 0) is 27.3 Å². The number of anilines is 2. The quantitative estimate of drug-likeness (QED) is 0.0593. The molecule has 0 bridgehead atoms. The summed E-state index contributed by atoms with van der Waals surface area (Å²) >= 11 is 12.3. The second-order valence-electron chi connectivity index (χ2n) is 16.7. The molecule has 0 spiro atoms. The van der Waals surface area contributed by atoms with Gasteiger partial charge in [-0.1, -0.05) is 48.5 Å². The lowest BCUT2D eigenvalue weighted by atomic mass is 10.0. The number of piperidine rings is 2. The number of pyridine rings is 1. The molecule has 62 heavy (non-hydrogen) atoms. The molecule has 2 aromatic heterocycles. The number of fused-ring (bicyclic) bond motifs is 1. The van der Waals surface area contributed by atoms with E-state index in [1.165, 1.54) is 12.1 Å². The number of rotatable bonds is 17. The number of imide groups is 1. The molecular formula is C45H52Cl2FN9O5. The third-order valence-electron chi connectivity index (χ3n) is 12.5. The summed E-state index contributed by atoms with van der Waals surface area (Å²) in [5, 5.41) is 11.0. The smallest absolute Gasteiger partial charge is 0.255 e. The molecule has 3 saturated heterocycles. The number of hydrogen-bond donors (Lipinski definition) is 3. The van der Waals surface area contributed by atoms with E-state index in [1.54, 1.807) is 17.3 Å². The van der Waals surface area contributed by atoms with Crippen molar-refractivity contribution in [1.29, 1.82) is 0 Å². The minimum Gasteiger partial charge on any atom is -0.489 e. The van der Waals surface area contributed by atoms with Crippen molar-refractivity contribution in [2.75, 3.05) is 50.4 Å². The molecule has 8 rings (SSSR count).